The van der Waals surface area contributed by atoms with E-state index in [2.05, 4.69) is 43.2 Å². The molecule has 1 unspecified atom stereocenters. The van der Waals surface area contributed by atoms with E-state index >= 15 is 0 Å². The first-order valence-corrected chi connectivity index (χ1v) is 6.38. The quantitative estimate of drug-likeness (QED) is 0.896. The molecule has 2 aromatic rings. The summed E-state index contributed by atoms with van der Waals surface area (Å²) < 4.78 is 1.81. The van der Waals surface area contributed by atoms with Crippen LogP contribution in [0, 0.1) is 0 Å². The second kappa shape index (κ2) is 4.94. The molecule has 1 atom stereocenters. The van der Waals surface area contributed by atoms with E-state index in [1.807, 2.05) is 24.0 Å². The zero-order valence-corrected chi connectivity index (χ0v) is 11.4. The Morgan fingerprint density at radius 1 is 1.22 bits per heavy atom. The molecule has 1 aromatic heterocycles. The summed E-state index contributed by atoms with van der Waals surface area (Å²) >= 11 is 0. The summed E-state index contributed by atoms with van der Waals surface area (Å²) in [5.74, 6) is 0. The molecule has 0 radical (unpaired) electrons. The average Bonchev–Trinajstić information content (AvgIpc) is 2.74. The van der Waals surface area contributed by atoms with Gasteiger partial charge in [-0.05, 0) is 30.5 Å². The summed E-state index contributed by atoms with van der Waals surface area (Å²) in [7, 11) is 1.92. The van der Waals surface area contributed by atoms with Gasteiger partial charge in [-0.3, -0.25) is 4.68 Å². The Labute approximate surface area is 109 Å². The molecule has 1 aromatic carbocycles. The number of hydrogen-bond donors (Lipinski definition) is 1. The van der Waals surface area contributed by atoms with Gasteiger partial charge >= 0.3 is 0 Å². The van der Waals surface area contributed by atoms with Crippen molar-refractivity contribution in [3.63, 3.8) is 0 Å². The standard InChI is InChI=1S/C15H21N3/c1-4-12-5-7-13(8-6-12)15(2,16)11-14-9-10-18(3)17-14/h5-10H,4,11,16H2,1-3H3. The van der Waals surface area contributed by atoms with Crippen molar-refractivity contribution in [2.24, 2.45) is 12.8 Å². The highest BCUT2D eigenvalue weighted by Crippen LogP contribution is 2.22. The van der Waals surface area contributed by atoms with E-state index < -0.39 is 0 Å². The van der Waals surface area contributed by atoms with Crippen LogP contribution in [0.4, 0.5) is 0 Å². The topological polar surface area (TPSA) is 43.8 Å². The van der Waals surface area contributed by atoms with Gasteiger partial charge in [-0.15, -0.1) is 0 Å². The van der Waals surface area contributed by atoms with E-state index in [0.29, 0.717) is 0 Å². The fourth-order valence-electron chi connectivity index (χ4n) is 2.16. The monoisotopic (exact) mass is 243 g/mol. The molecular weight excluding hydrogens is 222 g/mol. The van der Waals surface area contributed by atoms with Crippen LogP contribution in [0.2, 0.25) is 0 Å². The van der Waals surface area contributed by atoms with Crippen LogP contribution in [-0.4, -0.2) is 9.78 Å². The van der Waals surface area contributed by atoms with Gasteiger partial charge in [0.05, 0.1) is 5.69 Å². The van der Waals surface area contributed by atoms with Crippen LogP contribution in [0.5, 0.6) is 0 Å². The molecule has 3 nitrogen and oxygen atoms in total. The van der Waals surface area contributed by atoms with Crippen LogP contribution in [0.1, 0.15) is 30.7 Å². The van der Waals surface area contributed by atoms with Crippen molar-refractivity contribution in [3.05, 3.63) is 53.3 Å². The van der Waals surface area contributed by atoms with Gasteiger partial charge in [0.1, 0.15) is 0 Å². The van der Waals surface area contributed by atoms with Gasteiger partial charge in [0.25, 0.3) is 0 Å². The van der Waals surface area contributed by atoms with Crippen molar-refractivity contribution in [2.75, 3.05) is 0 Å². The van der Waals surface area contributed by atoms with Crippen LogP contribution < -0.4 is 5.73 Å². The highest BCUT2D eigenvalue weighted by molar-refractivity contribution is 5.29. The minimum absolute atomic E-state index is 0.374. The van der Waals surface area contributed by atoms with E-state index in [1.165, 1.54) is 5.56 Å². The number of benzene rings is 1. The maximum atomic E-state index is 6.42. The molecule has 0 fully saturated rings. The van der Waals surface area contributed by atoms with Crippen molar-refractivity contribution >= 4 is 0 Å². The smallest absolute Gasteiger partial charge is 0.0646 e. The molecule has 0 saturated heterocycles. The third kappa shape index (κ3) is 2.79. The van der Waals surface area contributed by atoms with E-state index in [1.54, 1.807) is 0 Å². The Bertz CT molecular complexity index is 509. The van der Waals surface area contributed by atoms with Gasteiger partial charge in [0.2, 0.25) is 0 Å². The zero-order valence-electron chi connectivity index (χ0n) is 11.4. The Morgan fingerprint density at radius 2 is 1.89 bits per heavy atom. The van der Waals surface area contributed by atoms with Crippen molar-refractivity contribution in [1.29, 1.82) is 0 Å². The lowest BCUT2D eigenvalue weighted by atomic mass is 9.88. The number of hydrogen-bond acceptors (Lipinski definition) is 2. The minimum Gasteiger partial charge on any atom is -0.321 e. The lowest BCUT2D eigenvalue weighted by Gasteiger charge is -2.24. The SMILES string of the molecule is CCc1ccc(C(C)(N)Cc2ccn(C)n2)cc1. The molecule has 0 bridgehead atoms. The lowest BCUT2D eigenvalue weighted by Crippen LogP contribution is -2.35. The highest BCUT2D eigenvalue weighted by Gasteiger charge is 2.22. The van der Waals surface area contributed by atoms with Crippen molar-refractivity contribution < 1.29 is 0 Å². The van der Waals surface area contributed by atoms with Gasteiger partial charge in [-0.2, -0.15) is 5.10 Å². The van der Waals surface area contributed by atoms with Crippen LogP contribution in [0.15, 0.2) is 36.5 Å². The third-order valence-corrected chi connectivity index (χ3v) is 3.34. The molecule has 0 amide bonds. The number of aryl methyl sites for hydroxylation is 2. The molecule has 2 rings (SSSR count). The first-order valence-electron chi connectivity index (χ1n) is 6.38. The molecule has 18 heavy (non-hydrogen) atoms. The normalized spacial score (nSPS) is 14.4. The molecular formula is C15H21N3. The highest BCUT2D eigenvalue weighted by atomic mass is 15.2. The minimum atomic E-state index is -0.374. The molecule has 0 aliphatic rings. The van der Waals surface area contributed by atoms with Gasteiger partial charge < -0.3 is 5.73 Å². The summed E-state index contributed by atoms with van der Waals surface area (Å²) in [6.45, 7) is 4.22. The summed E-state index contributed by atoms with van der Waals surface area (Å²) in [4.78, 5) is 0. The number of nitrogens with zero attached hydrogens (tertiary/aromatic N) is 2. The van der Waals surface area contributed by atoms with Gasteiger partial charge in [-0.25, -0.2) is 0 Å². The molecule has 1 heterocycles. The van der Waals surface area contributed by atoms with E-state index in [0.717, 1.165) is 24.1 Å². The molecule has 0 aliphatic carbocycles. The Balaban J connectivity index is 2.18. The Kier molecular flexibility index (Phi) is 3.53. The van der Waals surface area contributed by atoms with Gasteiger partial charge in [0, 0.05) is 25.2 Å². The van der Waals surface area contributed by atoms with Crippen LogP contribution >= 0.6 is 0 Å². The molecule has 96 valence electrons. The molecule has 0 spiro atoms. The first kappa shape index (κ1) is 12.8. The third-order valence-electron chi connectivity index (χ3n) is 3.34. The van der Waals surface area contributed by atoms with E-state index in [9.17, 15) is 0 Å². The predicted octanol–water partition coefficient (Wildman–Crippen LogP) is 2.40. The van der Waals surface area contributed by atoms with Crippen LogP contribution in [0.25, 0.3) is 0 Å². The van der Waals surface area contributed by atoms with Crippen LogP contribution in [0.3, 0.4) is 0 Å². The number of aromatic nitrogens is 2. The molecule has 2 N–H and O–H groups in total. The maximum Gasteiger partial charge on any atom is 0.0646 e. The maximum absolute atomic E-state index is 6.42. The fraction of sp³-hybridized carbons (Fsp3) is 0.400. The zero-order chi connectivity index (χ0) is 13.2. The van der Waals surface area contributed by atoms with E-state index in [-0.39, 0.29) is 5.54 Å². The van der Waals surface area contributed by atoms with Crippen LogP contribution in [-0.2, 0) is 25.4 Å². The van der Waals surface area contributed by atoms with E-state index in [4.69, 9.17) is 5.73 Å². The largest absolute Gasteiger partial charge is 0.321 e. The molecule has 0 saturated carbocycles. The van der Waals surface area contributed by atoms with Gasteiger partial charge in [0.15, 0.2) is 0 Å². The Morgan fingerprint density at radius 3 is 2.39 bits per heavy atom. The fourth-order valence-corrected chi connectivity index (χ4v) is 2.16. The average molecular weight is 243 g/mol. The molecule has 3 heteroatoms. The summed E-state index contributed by atoms with van der Waals surface area (Å²) in [6, 6.07) is 10.6. The summed E-state index contributed by atoms with van der Waals surface area (Å²) in [5, 5.41) is 4.39. The van der Waals surface area contributed by atoms with Crippen molar-refractivity contribution in [3.8, 4) is 0 Å². The molecule has 0 aliphatic heterocycles. The number of rotatable bonds is 4. The summed E-state index contributed by atoms with van der Waals surface area (Å²) in [6.07, 6.45) is 3.76. The Hall–Kier alpha value is -1.61. The lowest BCUT2D eigenvalue weighted by molar-refractivity contribution is 0.481. The summed E-state index contributed by atoms with van der Waals surface area (Å²) in [5.41, 5.74) is 9.57. The van der Waals surface area contributed by atoms with Gasteiger partial charge in [-0.1, -0.05) is 31.2 Å². The van der Waals surface area contributed by atoms with Crippen molar-refractivity contribution in [2.45, 2.75) is 32.2 Å². The first-order chi connectivity index (χ1) is 8.51. The van der Waals surface area contributed by atoms with Crippen molar-refractivity contribution in [1.82, 2.24) is 9.78 Å². The number of nitrogens with two attached hydrogens (primary N) is 1. The second-order valence-electron chi connectivity index (χ2n) is 5.13. The second-order valence-corrected chi connectivity index (χ2v) is 5.13. The predicted molar refractivity (Wildman–Crippen MR) is 74.3 cm³/mol.